The van der Waals surface area contributed by atoms with Crippen LogP contribution in [0.15, 0.2) is 36.8 Å². The maximum absolute atomic E-state index is 13.3. The van der Waals surface area contributed by atoms with Gasteiger partial charge in [0.1, 0.15) is 5.82 Å². The van der Waals surface area contributed by atoms with Crippen molar-refractivity contribution in [3.05, 3.63) is 48.0 Å². The third-order valence-corrected chi connectivity index (χ3v) is 6.43. The molecule has 0 radical (unpaired) electrons. The zero-order valence-electron chi connectivity index (χ0n) is 16.7. The number of hydrogen-bond acceptors (Lipinski definition) is 4. The fraction of sp³-hybridized carbons (Fsp3) is 0.476. The number of rotatable bonds is 4. The van der Waals surface area contributed by atoms with Gasteiger partial charge in [0.15, 0.2) is 0 Å². The average molecular weight is 416 g/mol. The van der Waals surface area contributed by atoms with Gasteiger partial charge in [-0.15, -0.1) is 0 Å². The lowest BCUT2D eigenvalue weighted by Crippen LogP contribution is -2.12. The summed E-state index contributed by atoms with van der Waals surface area (Å²) < 4.78 is 43.7. The summed E-state index contributed by atoms with van der Waals surface area (Å²) in [6.07, 6.45) is 2.76. The number of hydrogen-bond donors (Lipinski definition) is 1. The summed E-state index contributed by atoms with van der Waals surface area (Å²) in [5.74, 6) is 1.01. The summed E-state index contributed by atoms with van der Waals surface area (Å²) >= 11 is 0. The predicted molar refractivity (Wildman–Crippen MR) is 105 cm³/mol. The van der Waals surface area contributed by atoms with Crippen LogP contribution in [0.2, 0.25) is 0 Å². The molecule has 0 bridgehead atoms. The van der Waals surface area contributed by atoms with E-state index in [1.165, 1.54) is 6.20 Å². The highest BCUT2D eigenvalue weighted by molar-refractivity contribution is 5.63. The number of nitrogen functional groups attached to an aromatic ring is 1. The molecule has 0 saturated heterocycles. The van der Waals surface area contributed by atoms with E-state index < -0.39 is 17.6 Å². The van der Waals surface area contributed by atoms with E-state index >= 15 is 0 Å². The zero-order chi connectivity index (χ0) is 21.2. The van der Waals surface area contributed by atoms with Gasteiger partial charge in [0.2, 0.25) is 0 Å². The van der Waals surface area contributed by atoms with Crippen molar-refractivity contribution in [2.45, 2.75) is 50.9 Å². The van der Waals surface area contributed by atoms with E-state index in [1.807, 2.05) is 41.5 Å². The average Bonchev–Trinajstić information content (AvgIpc) is 3.20. The molecule has 5 rings (SSSR count). The molecule has 30 heavy (non-hydrogen) atoms. The monoisotopic (exact) mass is 416 g/mol. The van der Waals surface area contributed by atoms with Gasteiger partial charge in [-0.2, -0.15) is 23.4 Å². The van der Waals surface area contributed by atoms with Gasteiger partial charge in [0.25, 0.3) is 0 Å². The fourth-order valence-electron chi connectivity index (χ4n) is 5.02. The van der Waals surface area contributed by atoms with Crippen LogP contribution >= 0.6 is 0 Å². The van der Waals surface area contributed by atoms with Crippen LogP contribution in [0.25, 0.3) is 11.3 Å². The Morgan fingerprint density at radius 1 is 1.17 bits per heavy atom. The molecule has 3 heterocycles. The Morgan fingerprint density at radius 2 is 1.90 bits per heavy atom. The fourth-order valence-corrected chi connectivity index (χ4v) is 5.02. The zero-order valence-corrected chi connectivity index (χ0v) is 16.7. The molecule has 0 spiro atoms. The first-order chi connectivity index (χ1) is 14.2. The summed E-state index contributed by atoms with van der Waals surface area (Å²) in [7, 11) is 0. The van der Waals surface area contributed by atoms with E-state index in [0.717, 1.165) is 24.6 Å². The maximum atomic E-state index is 13.3. The molecule has 2 N–H and O–H groups in total. The SMILES string of the molecule is CC(C)n1nc(-c2cnc(N)c(C(F)(F)F)c2)cc1[C@H]1[C@@H]2C[C@H](n3cccn3)C[C@@H]21. The summed E-state index contributed by atoms with van der Waals surface area (Å²) in [6, 6.07) is 5.45. The van der Waals surface area contributed by atoms with Crippen LogP contribution in [0.5, 0.6) is 0 Å². The third kappa shape index (κ3) is 3.07. The van der Waals surface area contributed by atoms with Gasteiger partial charge in [-0.1, -0.05) is 0 Å². The Hall–Kier alpha value is -2.84. The molecule has 3 aromatic heterocycles. The van der Waals surface area contributed by atoms with Crippen molar-refractivity contribution in [1.29, 1.82) is 0 Å². The number of aromatic nitrogens is 5. The van der Waals surface area contributed by atoms with Crippen molar-refractivity contribution in [2.75, 3.05) is 5.73 Å². The number of nitrogens with two attached hydrogens (primary N) is 1. The molecular weight excluding hydrogens is 393 g/mol. The Morgan fingerprint density at radius 3 is 2.50 bits per heavy atom. The lowest BCUT2D eigenvalue weighted by molar-refractivity contribution is -0.137. The lowest BCUT2D eigenvalue weighted by Gasteiger charge is -2.16. The van der Waals surface area contributed by atoms with Gasteiger partial charge in [-0.25, -0.2) is 4.98 Å². The quantitative estimate of drug-likeness (QED) is 0.670. The molecule has 2 saturated carbocycles. The molecule has 0 amide bonds. The van der Waals surface area contributed by atoms with E-state index in [4.69, 9.17) is 5.73 Å². The topological polar surface area (TPSA) is 74.6 Å². The Labute approximate surface area is 171 Å². The molecule has 158 valence electrons. The van der Waals surface area contributed by atoms with E-state index in [0.29, 0.717) is 35.1 Å². The Bertz CT molecular complexity index is 1060. The van der Waals surface area contributed by atoms with E-state index in [1.54, 1.807) is 6.20 Å². The van der Waals surface area contributed by atoms with Gasteiger partial charge in [-0.3, -0.25) is 9.36 Å². The Balaban J connectivity index is 1.44. The van der Waals surface area contributed by atoms with Crippen LogP contribution in [0, 0.1) is 11.8 Å². The standard InChI is InChI=1S/C21H23F3N6/c1-11(2)30-18(19-14-7-13(8-15(14)19)29-5-3-4-27-29)9-17(28-30)12-6-16(21(22,23)24)20(25)26-10-12/h3-6,9-11,13-15,19H,7-8H2,1-2H3,(H2,25,26)/t13-,14+,15-,19-. The highest BCUT2D eigenvalue weighted by Crippen LogP contribution is 2.66. The van der Waals surface area contributed by atoms with Crippen molar-refractivity contribution < 1.29 is 13.2 Å². The summed E-state index contributed by atoms with van der Waals surface area (Å²) in [6.45, 7) is 4.07. The third-order valence-electron chi connectivity index (χ3n) is 6.43. The van der Waals surface area contributed by atoms with Crippen LogP contribution in [-0.4, -0.2) is 24.5 Å². The van der Waals surface area contributed by atoms with Gasteiger partial charge < -0.3 is 5.73 Å². The van der Waals surface area contributed by atoms with Gasteiger partial charge in [-0.05, 0) is 56.7 Å². The summed E-state index contributed by atoms with van der Waals surface area (Å²) in [4.78, 5) is 3.76. The molecule has 9 heteroatoms. The minimum atomic E-state index is -4.55. The Kier molecular flexibility index (Phi) is 4.20. The van der Waals surface area contributed by atoms with Gasteiger partial charge >= 0.3 is 6.18 Å². The lowest BCUT2D eigenvalue weighted by atomic mass is 10.0. The highest BCUT2D eigenvalue weighted by atomic mass is 19.4. The van der Waals surface area contributed by atoms with Crippen molar-refractivity contribution in [3.8, 4) is 11.3 Å². The summed E-state index contributed by atoms with van der Waals surface area (Å²) in [5, 5.41) is 9.01. The van der Waals surface area contributed by atoms with Crippen LogP contribution in [0.4, 0.5) is 19.0 Å². The second kappa shape index (κ2) is 6.58. The molecule has 0 unspecified atom stereocenters. The molecule has 2 aliphatic rings. The second-order valence-corrected chi connectivity index (χ2v) is 8.61. The molecule has 2 aliphatic carbocycles. The minimum Gasteiger partial charge on any atom is -0.383 e. The summed E-state index contributed by atoms with van der Waals surface area (Å²) in [5.41, 5.74) is 6.45. The van der Waals surface area contributed by atoms with Crippen molar-refractivity contribution in [1.82, 2.24) is 24.5 Å². The van der Waals surface area contributed by atoms with E-state index in [-0.39, 0.29) is 6.04 Å². The first kappa shape index (κ1) is 19.1. The number of anilines is 1. The number of pyridine rings is 1. The van der Waals surface area contributed by atoms with Crippen LogP contribution in [-0.2, 0) is 6.18 Å². The normalized spacial score (nSPS) is 25.7. The molecule has 0 aliphatic heterocycles. The van der Waals surface area contributed by atoms with Gasteiger partial charge in [0, 0.05) is 41.8 Å². The number of fused-ring (bicyclic) bond motifs is 1. The molecule has 4 atom stereocenters. The minimum absolute atomic E-state index is 0.112. The van der Waals surface area contributed by atoms with E-state index in [9.17, 15) is 13.2 Å². The largest absolute Gasteiger partial charge is 0.419 e. The molecule has 2 fully saturated rings. The van der Waals surface area contributed by atoms with Crippen molar-refractivity contribution in [2.24, 2.45) is 11.8 Å². The highest BCUT2D eigenvalue weighted by Gasteiger charge is 2.58. The van der Waals surface area contributed by atoms with Crippen LogP contribution in [0.3, 0.4) is 0 Å². The smallest absolute Gasteiger partial charge is 0.383 e. The van der Waals surface area contributed by atoms with Crippen molar-refractivity contribution >= 4 is 5.82 Å². The first-order valence-corrected chi connectivity index (χ1v) is 10.2. The number of nitrogens with zero attached hydrogens (tertiary/aromatic N) is 5. The molecule has 0 aromatic carbocycles. The van der Waals surface area contributed by atoms with E-state index in [2.05, 4.69) is 15.2 Å². The predicted octanol–water partition coefficient (Wildman–Crippen LogP) is 4.69. The van der Waals surface area contributed by atoms with Crippen LogP contribution in [0.1, 0.15) is 55.9 Å². The molecule has 3 aromatic rings. The number of halogens is 3. The number of alkyl halides is 3. The molecular formula is C21H23F3N6. The maximum Gasteiger partial charge on any atom is 0.419 e. The molecule has 6 nitrogen and oxygen atoms in total. The van der Waals surface area contributed by atoms with Crippen molar-refractivity contribution in [3.63, 3.8) is 0 Å². The van der Waals surface area contributed by atoms with Gasteiger partial charge in [0.05, 0.1) is 17.3 Å². The van der Waals surface area contributed by atoms with Crippen LogP contribution < -0.4 is 5.73 Å². The first-order valence-electron chi connectivity index (χ1n) is 10.2. The second-order valence-electron chi connectivity index (χ2n) is 8.61.